The van der Waals surface area contributed by atoms with Gasteiger partial charge in [-0.05, 0) is 37.6 Å². The van der Waals surface area contributed by atoms with Crippen molar-refractivity contribution in [2.75, 3.05) is 6.54 Å². The highest BCUT2D eigenvalue weighted by Gasteiger charge is 1.98. The Morgan fingerprint density at radius 1 is 1.31 bits per heavy atom. The Morgan fingerprint density at radius 3 is 2.50 bits per heavy atom. The lowest BCUT2D eigenvalue weighted by Gasteiger charge is -2.07. The van der Waals surface area contributed by atoms with Gasteiger partial charge in [0.05, 0.1) is 0 Å². The van der Waals surface area contributed by atoms with Gasteiger partial charge in [0, 0.05) is 0 Å². The first-order valence-electron chi connectivity index (χ1n) is 6.66. The third kappa shape index (κ3) is 8.72. The Kier molecular flexibility index (Phi) is 9.31. The lowest BCUT2D eigenvalue weighted by molar-refractivity contribution is 0.538. The van der Waals surface area contributed by atoms with Crippen molar-refractivity contribution in [3.63, 3.8) is 0 Å². The fraction of sp³-hybridized carbons (Fsp3) is 0.733. The van der Waals surface area contributed by atoms with Crippen molar-refractivity contribution in [2.24, 2.45) is 17.6 Å². The zero-order valence-corrected chi connectivity index (χ0v) is 11.3. The molecule has 94 valence electrons. The molecule has 16 heavy (non-hydrogen) atoms. The maximum Gasteiger partial charge on any atom is -0.00142 e. The Hall–Kier alpha value is -0.560. The van der Waals surface area contributed by atoms with Crippen molar-refractivity contribution < 1.29 is 0 Å². The summed E-state index contributed by atoms with van der Waals surface area (Å²) < 4.78 is 0. The number of hydrogen-bond acceptors (Lipinski definition) is 1. The predicted octanol–water partition coefficient (Wildman–Crippen LogP) is 4.30. The highest BCUT2D eigenvalue weighted by atomic mass is 14.5. The van der Waals surface area contributed by atoms with Crippen molar-refractivity contribution in [1.29, 1.82) is 0 Å². The first-order valence-corrected chi connectivity index (χ1v) is 6.66. The summed E-state index contributed by atoms with van der Waals surface area (Å²) in [4.78, 5) is 0. The zero-order valence-electron chi connectivity index (χ0n) is 11.3. The number of nitrogens with two attached hydrogens (primary N) is 1. The molecule has 0 aromatic rings. The molecule has 0 aromatic heterocycles. The average molecular weight is 223 g/mol. The van der Waals surface area contributed by atoms with Crippen LogP contribution in [0, 0.1) is 11.8 Å². The molecule has 0 bridgehead atoms. The minimum absolute atomic E-state index is 0.521. The quantitative estimate of drug-likeness (QED) is 0.458. The lowest BCUT2D eigenvalue weighted by atomic mass is 10.0. The van der Waals surface area contributed by atoms with Gasteiger partial charge in [-0.15, -0.1) is 0 Å². The van der Waals surface area contributed by atoms with Gasteiger partial charge in [0.15, 0.2) is 0 Å². The molecule has 1 nitrogen and oxygen atoms in total. The molecular weight excluding hydrogens is 194 g/mol. The Balaban J connectivity index is 3.65. The summed E-state index contributed by atoms with van der Waals surface area (Å²) in [6.45, 7) is 11.6. The molecule has 0 saturated heterocycles. The maximum atomic E-state index is 5.64. The van der Waals surface area contributed by atoms with E-state index in [1.165, 1.54) is 24.8 Å². The van der Waals surface area contributed by atoms with Crippen LogP contribution in [0.5, 0.6) is 0 Å². The van der Waals surface area contributed by atoms with Crippen LogP contribution in [0.15, 0.2) is 24.3 Å². The van der Waals surface area contributed by atoms with Crippen LogP contribution in [0.3, 0.4) is 0 Å². The van der Waals surface area contributed by atoms with Gasteiger partial charge in [-0.1, -0.05) is 57.9 Å². The van der Waals surface area contributed by atoms with Gasteiger partial charge in [0.1, 0.15) is 0 Å². The minimum atomic E-state index is 0.521. The smallest absolute Gasteiger partial charge is 0.00142 e. The summed E-state index contributed by atoms with van der Waals surface area (Å²) in [5, 5.41) is 0. The fourth-order valence-corrected chi connectivity index (χ4v) is 1.64. The van der Waals surface area contributed by atoms with Crippen LogP contribution < -0.4 is 5.73 Å². The van der Waals surface area contributed by atoms with Gasteiger partial charge in [-0.25, -0.2) is 0 Å². The highest BCUT2D eigenvalue weighted by molar-refractivity contribution is 5.15. The molecule has 0 heterocycles. The number of rotatable bonds is 9. The van der Waals surface area contributed by atoms with Crippen molar-refractivity contribution in [3.05, 3.63) is 24.3 Å². The third-order valence-electron chi connectivity index (χ3n) is 2.96. The fourth-order valence-electron chi connectivity index (χ4n) is 1.64. The van der Waals surface area contributed by atoms with E-state index in [0.29, 0.717) is 5.92 Å². The van der Waals surface area contributed by atoms with Crippen LogP contribution in [0.4, 0.5) is 0 Å². The normalized spacial score (nSPS) is 13.6. The van der Waals surface area contributed by atoms with E-state index in [1.54, 1.807) is 0 Å². The molecule has 0 aliphatic carbocycles. The third-order valence-corrected chi connectivity index (χ3v) is 2.96. The summed E-state index contributed by atoms with van der Waals surface area (Å²) in [7, 11) is 0. The molecule has 2 N–H and O–H groups in total. The van der Waals surface area contributed by atoms with Crippen LogP contribution in [0.2, 0.25) is 0 Å². The van der Waals surface area contributed by atoms with Crippen LogP contribution in [-0.2, 0) is 0 Å². The molecule has 0 radical (unpaired) electrons. The van der Waals surface area contributed by atoms with E-state index in [0.717, 1.165) is 25.3 Å². The summed E-state index contributed by atoms with van der Waals surface area (Å²) in [5.41, 5.74) is 6.89. The van der Waals surface area contributed by atoms with Gasteiger partial charge in [0.2, 0.25) is 0 Å². The number of allylic oxidation sites excluding steroid dienone is 2. The Labute approximate surface area is 102 Å². The molecule has 0 aromatic carbocycles. The molecule has 0 spiro atoms. The molecule has 0 amide bonds. The van der Waals surface area contributed by atoms with Gasteiger partial charge in [0.25, 0.3) is 0 Å². The molecule has 1 unspecified atom stereocenters. The summed E-state index contributed by atoms with van der Waals surface area (Å²) in [6.07, 6.45) is 10.5. The van der Waals surface area contributed by atoms with Crippen LogP contribution in [-0.4, -0.2) is 6.54 Å². The number of hydrogen-bond donors (Lipinski definition) is 1. The van der Waals surface area contributed by atoms with Crippen molar-refractivity contribution in [1.82, 2.24) is 0 Å². The second kappa shape index (κ2) is 9.65. The summed E-state index contributed by atoms with van der Waals surface area (Å²) in [6, 6.07) is 0. The van der Waals surface area contributed by atoms with Crippen molar-refractivity contribution in [3.8, 4) is 0 Å². The molecule has 0 fully saturated rings. The molecule has 1 atom stereocenters. The largest absolute Gasteiger partial charge is 0.330 e. The molecule has 0 aliphatic heterocycles. The maximum absolute atomic E-state index is 5.64. The monoisotopic (exact) mass is 223 g/mol. The van der Waals surface area contributed by atoms with E-state index in [4.69, 9.17) is 5.73 Å². The van der Waals surface area contributed by atoms with Gasteiger partial charge in [-0.3, -0.25) is 0 Å². The highest BCUT2D eigenvalue weighted by Crippen LogP contribution is 2.13. The van der Waals surface area contributed by atoms with E-state index in [2.05, 4.69) is 39.5 Å². The van der Waals surface area contributed by atoms with Gasteiger partial charge in [-0.2, -0.15) is 0 Å². The van der Waals surface area contributed by atoms with Crippen molar-refractivity contribution in [2.45, 2.75) is 52.9 Å². The second-order valence-corrected chi connectivity index (χ2v) is 5.06. The standard InChI is InChI=1S/C15H29N/c1-5-15(12-16)11-10-14(4)9-7-6-8-13(2)3/h10-11,13,15H,4-9,12,16H2,1-3H3/b11-10-. The summed E-state index contributed by atoms with van der Waals surface area (Å²) >= 11 is 0. The topological polar surface area (TPSA) is 26.0 Å². The van der Waals surface area contributed by atoms with E-state index in [1.807, 2.05) is 0 Å². The SMILES string of the molecule is C=C(/C=C\C(CC)CN)CCCCC(C)C. The van der Waals surface area contributed by atoms with Crippen molar-refractivity contribution >= 4 is 0 Å². The Bertz CT molecular complexity index is 199. The van der Waals surface area contributed by atoms with E-state index >= 15 is 0 Å². The average Bonchev–Trinajstić information content (AvgIpc) is 2.25. The molecular formula is C15H29N. The second-order valence-electron chi connectivity index (χ2n) is 5.06. The van der Waals surface area contributed by atoms with Gasteiger partial charge < -0.3 is 5.73 Å². The molecule has 0 aliphatic rings. The Morgan fingerprint density at radius 2 is 2.00 bits per heavy atom. The first-order chi connectivity index (χ1) is 7.60. The number of unbranched alkanes of at least 4 members (excludes halogenated alkanes) is 1. The molecule has 0 saturated carbocycles. The zero-order chi connectivity index (χ0) is 12.4. The molecule has 0 rings (SSSR count). The predicted molar refractivity (Wildman–Crippen MR) is 74.4 cm³/mol. The molecule has 1 heteroatoms. The van der Waals surface area contributed by atoms with Gasteiger partial charge >= 0.3 is 0 Å². The van der Waals surface area contributed by atoms with Crippen LogP contribution in [0.25, 0.3) is 0 Å². The van der Waals surface area contributed by atoms with E-state index in [9.17, 15) is 0 Å². The van der Waals surface area contributed by atoms with E-state index < -0.39 is 0 Å². The minimum Gasteiger partial charge on any atom is -0.330 e. The van der Waals surface area contributed by atoms with E-state index in [-0.39, 0.29) is 0 Å². The summed E-state index contributed by atoms with van der Waals surface area (Å²) in [5.74, 6) is 1.35. The van der Waals surface area contributed by atoms with Crippen LogP contribution >= 0.6 is 0 Å². The first kappa shape index (κ1) is 15.4. The van der Waals surface area contributed by atoms with Crippen LogP contribution in [0.1, 0.15) is 52.9 Å². The lowest BCUT2D eigenvalue weighted by Crippen LogP contribution is -2.10.